The van der Waals surface area contributed by atoms with E-state index in [1.165, 1.54) is 11.1 Å². The van der Waals surface area contributed by atoms with Gasteiger partial charge < -0.3 is 0 Å². The average molecular weight is 186 g/mol. The third-order valence-electron chi connectivity index (χ3n) is 2.60. The summed E-state index contributed by atoms with van der Waals surface area (Å²) in [6.45, 7) is 6.59. The summed E-state index contributed by atoms with van der Waals surface area (Å²) >= 11 is 0. The number of rotatable bonds is 3. The maximum atomic E-state index is 5.29. The van der Waals surface area contributed by atoms with Crippen molar-refractivity contribution in [2.75, 3.05) is 0 Å². The van der Waals surface area contributed by atoms with Gasteiger partial charge >= 0.3 is 0 Å². The van der Waals surface area contributed by atoms with Gasteiger partial charge in [0, 0.05) is 6.42 Å². The van der Waals surface area contributed by atoms with Crippen LogP contribution in [0.2, 0.25) is 0 Å². The molecule has 1 rings (SSSR count). The van der Waals surface area contributed by atoms with E-state index in [9.17, 15) is 0 Å². The van der Waals surface area contributed by atoms with Crippen molar-refractivity contribution in [3.8, 4) is 12.3 Å². The molecule has 1 aromatic carbocycles. The maximum absolute atomic E-state index is 5.29. The highest BCUT2D eigenvalue weighted by molar-refractivity contribution is 5.27. The predicted molar refractivity (Wildman–Crippen MR) is 62.4 cm³/mol. The fourth-order valence-corrected chi connectivity index (χ4v) is 1.50. The van der Waals surface area contributed by atoms with Gasteiger partial charge in [0.2, 0.25) is 0 Å². The Morgan fingerprint density at radius 1 is 1.07 bits per heavy atom. The molecule has 1 unspecified atom stereocenters. The van der Waals surface area contributed by atoms with Crippen molar-refractivity contribution in [2.45, 2.75) is 39.0 Å². The number of hydrogen-bond donors (Lipinski definition) is 0. The minimum absolute atomic E-state index is 0.473. The van der Waals surface area contributed by atoms with E-state index in [0.717, 1.165) is 6.42 Å². The highest BCUT2D eigenvalue weighted by Gasteiger charge is 2.04. The van der Waals surface area contributed by atoms with Gasteiger partial charge in [0.15, 0.2) is 0 Å². The molecular formula is C14H18. The molecule has 0 heteroatoms. The van der Waals surface area contributed by atoms with Gasteiger partial charge in [-0.25, -0.2) is 0 Å². The predicted octanol–water partition coefficient (Wildman–Crippen LogP) is 3.94. The average Bonchev–Trinajstić information content (AvgIpc) is 2.18. The third-order valence-corrected chi connectivity index (χ3v) is 2.60. The largest absolute Gasteiger partial charge is 0.120 e. The van der Waals surface area contributed by atoms with Crippen molar-refractivity contribution >= 4 is 0 Å². The fraction of sp³-hybridized carbons (Fsp3) is 0.429. The molecule has 0 heterocycles. The van der Waals surface area contributed by atoms with Crippen molar-refractivity contribution in [3.63, 3.8) is 0 Å². The van der Waals surface area contributed by atoms with Crippen molar-refractivity contribution < 1.29 is 0 Å². The Bertz CT molecular complexity index is 311. The van der Waals surface area contributed by atoms with Crippen molar-refractivity contribution in [1.29, 1.82) is 0 Å². The Kier molecular flexibility index (Phi) is 3.77. The van der Waals surface area contributed by atoms with Crippen LogP contribution in [0.5, 0.6) is 0 Å². The lowest BCUT2D eigenvalue weighted by molar-refractivity contribution is 0.791. The van der Waals surface area contributed by atoms with Crippen molar-refractivity contribution in [3.05, 3.63) is 35.4 Å². The van der Waals surface area contributed by atoms with Crippen LogP contribution < -0.4 is 0 Å². The van der Waals surface area contributed by atoms with Gasteiger partial charge in [0.1, 0.15) is 0 Å². The van der Waals surface area contributed by atoms with E-state index in [1.54, 1.807) is 0 Å². The molecule has 0 aliphatic rings. The van der Waals surface area contributed by atoms with Crippen LogP contribution in [0.15, 0.2) is 24.3 Å². The van der Waals surface area contributed by atoms with Crippen LogP contribution in [0.3, 0.4) is 0 Å². The quantitative estimate of drug-likeness (QED) is 0.627. The van der Waals surface area contributed by atoms with Gasteiger partial charge in [-0.1, -0.05) is 45.0 Å². The zero-order valence-corrected chi connectivity index (χ0v) is 9.25. The first kappa shape index (κ1) is 10.9. The first-order valence-corrected chi connectivity index (χ1v) is 5.18. The number of terminal acetylenes is 1. The molecule has 1 atom stereocenters. The lowest BCUT2D eigenvalue weighted by Gasteiger charge is -2.10. The van der Waals surface area contributed by atoms with E-state index in [2.05, 4.69) is 51.0 Å². The molecule has 1 aromatic rings. The molecule has 14 heavy (non-hydrogen) atoms. The highest BCUT2D eigenvalue weighted by atomic mass is 14.1. The fourth-order valence-electron chi connectivity index (χ4n) is 1.50. The Hall–Kier alpha value is -1.22. The smallest absolute Gasteiger partial charge is 0.0152 e. The van der Waals surface area contributed by atoms with Gasteiger partial charge in [-0.2, -0.15) is 0 Å². The Morgan fingerprint density at radius 2 is 1.57 bits per heavy atom. The summed E-state index contributed by atoms with van der Waals surface area (Å²) in [7, 11) is 0. The number of benzene rings is 1. The topological polar surface area (TPSA) is 0 Å². The lowest BCUT2D eigenvalue weighted by atomic mass is 9.95. The van der Waals surface area contributed by atoms with Crippen LogP contribution in [0, 0.1) is 12.3 Å². The van der Waals surface area contributed by atoms with Gasteiger partial charge in [-0.3, -0.25) is 0 Å². The van der Waals surface area contributed by atoms with Gasteiger partial charge in [0.25, 0.3) is 0 Å². The number of hydrogen-bond acceptors (Lipinski definition) is 0. The minimum Gasteiger partial charge on any atom is -0.120 e. The monoisotopic (exact) mass is 186 g/mol. The molecule has 0 N–H and O–H groups in total. The van der Waals surface area contributed by atoms with Crippen LogP contribution in [-0.4, -0.2) is 0 Å². The SMILES string of the molecule is C#CCC(C)c1ccc(C(C)C)cc1. The van der Waals surface area contributed by atoms with Gasteiger partial charge in [-0.15, -0.1) is 12.3 Å². The molecule has 0 saturated carbocycles. The molecule has 0 fully saturated rings. The third kappa shape index (κ3) is 2.64. The first-order valence-electron chi connectivity index (χ1n) is 5.18. The zero-order chi connectivity index (χ0) is 10.6. The second-order valence-electron chi connectivity index (χ2n) is 4.13. The molecule has 0 aliphatic heterocycles. The zero-order valence-electron chi connectivity index (χ0n) is 9.25. The summed E-state index contributed by atoms with van der Waals surface area (Å²) in [6, 6.07) is 8.79. The van der Waals surface area contributed by atoms with Crippen molar-refractivity contribution in [2.24, 2.45) is 0 Å². The van der Waals surface area contributed by atoms with E-state index in [1.807, 2.05) is 0 Å². The molecule has 0 aliphatic carbocycles. The molecule has 0 saturated heterocycles. The van der Waals surface area contributed by atoms with Crippen molar-refractivity contribution in [1.82, 2.24) is 0 Å². The molecule has 74 valence electrons. The Labute approximate surface area is 87.4 Å². The summed E-state index contributed by atoms with van der Waals surface area (Å²) in [5.74, 6) is 3.78. The minimum atomic E-state index is 0.473. The summed E-state index contributed by atoms with van der Waals surface area (Å²) < 4.78 is 0. The van der Waals surface area contributed by atoms with E-state index in [-0.39, 0.29) is 0 Å². The van der Waals surface area contributed by atoms with Crippen LogP contribution in [0.4, 0.5) is 0 Å². The van der Waals surface area contributed by atoms with Crippen LogP contribution in [0.1, 0.15) is 50.2 Å². The van der Waals surface area contributed by atoms with E-state index < -0.39 is 0 Å². The summed E-state index contributed by atoms with van der Waals surface area (Å²) in [5, 5.41) is 0. The van der Waals surface area contributed by atoms with Gasteiger partial charge in [-0.05, 0) is 23.0 Å². The lowest BCUT2D eigenvalue weighted by Crippen LogP contribution is -1.93. The molecule has 0 amide bonds. The first-order chi connectivity index (χ1) is 6.65. The molecule has 0 spiro atoms. The molecule has 0 aromatic heterocycles. The van der Waals surface area contributed by atoms with Gasteiger partial charge in [0.05, 0.1) is 0 Å². The van der Waals surface area contributed by atoms with E-state index >= 15 is 0 Å². The highest BCUT2D eigenvalue weighted by Crippen LogP contribution is 2.21. The van der Waals surface area contributed by atoms with E-state index in [4.69, 9.17) is 6.42 Å². The summed E-state index contributed by atoms with van der Waals surface area (Å²) in [4.78, 5) is 0. The molecule has 0 radical (unpaired) electrons. The molecule has 0 nitrogen and oxygen atoms in total. The standard InChI is InChI=1S/C14H18/c1-5-6-12(4)14-9-7-13(8-10-14)11(2)3/h1,7-12H,6H2,2-4H3. The summed E-state index contributed by atoms with van der Waals surface area (Å²) in [6.07, 6.45) is 6.12. The second kappa shape index (κ2) is 4.86. The summed E-state index contributed by atoms with van der Waals surface area (Å²) in [5.41, 5.74) is 2.73. The maximum Gasteiger partial charge on any atom is 0.0152 e. The Morgan fingerprint density at radius 3 is 2.00 bits per heavy atom. The van der Waals surface area contributed by atoms with Crippen LogP contribution in [0.25, 0.3) is 0 Å². The van der Waals surface area contributed by atoms with Crippen LogP contribution >= 0.6 is 0 Å². The van der Waals surface area contributed by atoms with Crippen LogP contribution in [-0.2, 0) is 0 Å². The second-order valence-corrected chi connectivity index (χ2v) is 4.13. The molecular weight excluding hydrogens is 168 g/mol. The normalized spacial score (nSPS) is 12.5. The molecule has 0 bridgehead atoms. The van der Waals surface area contributed by atoms with E-state index in [0.29, 0.717) is 11.8 Å². The Balaban J connectivity index is 2.78.